The number of hydrogen-bond acceptors (Lipinski definition) is 7. The molecule has 1 aliphatic heterocycles. The number of aryl methyl sites for hydroxylation is 2. The monoisotopic (exact) mass is 537 g/mol. The Morgan fingerprint density at radius 2 is 1.90 bits per heavy atom. The van der Waals surface area contributed by atoms with Crippen LogP contribution in [-0.2, 0) is 19.4 Å². The number of fused-ring (bicyclic) bond motifs is 2. The van der Waals surface area contributed by atoms with Gasteiger partial charge in [0.2, 0.25) is 5.88 Å². The van der Waals surface area contributed by atoms with E-state index in [1.165, 1.54) is 18.2 Å². The number of para-hydroxylation sites is 1. The molecule has 11 heteroatoms. The number of nitrogens with one attached hydrogen (secondary N) is 1. The van der Waals surface area contributed by atoms with Crippen LogP contribution in [0.25, 0.3) is 11.3 Å². The summed E-state index contributed by atoms with van der Waals surface area (Å²) in [6, 6.07) is 14.3. The lowest BCUT2D eigenvalue weighted by Crippen LogP contribution is -2.17. The second kappa shape index (κ2) is 9.64. The standard InChI is InChI=1S/C28H22F3N3O5/c29-28(30,31)38-23-4-2-1-3-18(23)25-19(26(39-34-25)16-6-7-16)14-37-24-12-11-20-21(33-24)10-9-15-5-8-17(27(35)36)13-22(15)32-20/h1-5,8,11-13,16,32H,6-7,9-10,14H2,(H,35,36). The molecular formula is C28H22F3N3O5. The van der Waals surface area contributed by atoms with Crippen molar-refractivity contribution in [3.05, 3.63) is 82.7 Å². The molecule has 0 amide bonds. The van der Waals surface area contributed by atoms with Crippen molar-refractivity contribution in [2.24, 2.45) is 0 Å². The van der Waals surface area contributed by atoms with Crippen LogP contribution in [-0.4, -0.2) is 27.6 Å². The summed E-state index contributed by atoms with van der Waals surface area (Å²) < 4.78 is 54.9. The molecule has 1 aliphatic carbocycles. The van der Waals surface area contributed by atoms with Crippen molar-refractivity contribution in [2.75, 3.05) is 5.32 Å². The first-order chi connectivity index (χ1) is 18.7. The van der Waals surface area contributed by atoms with E-state index in [4.69, 9.17) is 9.26 Å². The summed E-state index contributed by atoms with van der Waals surface area (Å²) in [6.07, 6.45) is -1.80. The van der Waals surface area contributed by atoms with Crippen LogP contribution in [0.15, 0.2) is 59.1 Å². The van der Waals surface area contributed by atoms with Crippen molar-refractivity contribution in [3.8, 4) is 22.9 Å². The van der Waals surface area contributed by atoms with Gasteiger partial charge in [-0.05, 0) is 61.6 Å². The number of aromatic carboxylic acids is 1. The molecule has 2 N–H and O–H groups in total. The van der Waals surface area contributed by atoms with Crippen LogP contribution in [0.1, 0.15) is 51.7 Å². The van der Waals surface area contributed by atoms with Crippen LogP contribution in [0.5, 0.6) is 11.6 Å². The number of hydrogen-bond donors (Lipinski definition) is 2. The molecule has 1 saturated carbocycles. The summed E-state index contributed by atoms with van der Waals surface area (Å²) in [5.41, 5.74) is 4.31. The molecule has 0 saturated heterocycles. The highest BCUT2D eigenvalue weighted by Gasteiger charge is 2.36. The Morgan fingerprint density at radius 1 is 1.08 bits per heavy atom. The highest BCUT2D eigenvalue weighted by Crippen LogP contribution is 2.45. The van der Waals surface area contributed by atoms with Gasteiger partial charge in [0, 0.05) is 23.2 Å². The molecule has 3 heterocycles. The lowest BCUT2D eigenvalue weighted by Gasteiger charge is -2.14. The van der Waals surface area contributed by atoms with Crippen molar-refractivity contribution < 1.29 is 37.1 Å². The Balaban J connectivity index is 1.26. The largest absolute Gasteiger partial charge is 0.573 e. The van der Waals surface area contributed by atoms with Gasteiger partial charge in [0.1, 0.15) is 23.8 Å². The van der Waals surface area contributed by atoms with Gasteiger partial charge in [-0.2, -0.15) is 0 Å². The summed E-state index contributed by atoms with van der Waals surface area (Å²) in [6.45, 7) is -0.00751. The third-order valence-electron chi connectivity index (χ3n) is 6.70. The number of rotatable bonds is 7. The Kier molecular flexibility index (Phi) is 6.13. The van der Waals surface area contributed by atoms with Gasteiger partial charge < -0.3 is 24.4 Å². The summed E-state index contributed by atoms with van der Waals surface area (Å²) in [7, 11) is 0. The summed E-state index contributed by atoms with van der Waals surface area (Å²) in [5.74, 6) is -0.313. The topological polar surface area (TPSA) is 107 Å². The van der Waals surface area contributed by atoms with Crippen LogP contribution in [0.3, 0.4) is 0 Å². The van der Waals surface area contributed by atoms with Gasteiger partial charge in [-0.15, -0.1) is 13.2 Å². The molecule has 0 spiro atoms. The Morgan fingerprint density at radius 3 is 2.67 bits per heavy atom. The Bertz CT molecular complexity index is 1560. The van der Waals surface area contributed by atoms with E-state index in [2.05, 4.69) is 20.2 Å². The lowest BCUT2D eigenvalue weighted by molar-refractivity contribution is -0.274. The van der Waals surface area contributed by atoms with Gasteiger partial charge in [0.25, 0.3) is 0 Å². The van der Waals surface area contributed by atoms with Crippen LogP contribution in [0.2, 0.25) is 0 Å². The van der Waals surface area contributed by atoms with E-state index in [1.807, 2.05) is 6.07 Å². The Hall–Kier alpha value is -4.54. The second-order valence-corrected chi connectivity index (χ2v) is 9.43. The number of carboxylic acids is 1. The molecule has 200 valence electrons. The lowest BCUT2D eigenvalue weighted by atomic mass is 10.0. The third-order valence-corrected chi connectivity index (χ3v) is 6.70. The van der Waals surface area contributed by atoms with Crippen molar-refractivity contribution in [1.29, 1.82) is 0 Å². The van der Waals surface area contributed by atoms with Gasteiger partial charge in [-0.1, -0.05) is 23.4 Å². The van der Waals surface area contributed by atoms with Gasteiger partial charge in [0.15, 0.2) is 0 Å². The zero-order valence-corrected chi connectivity index (χ0v) is 20.4. The number of anilines is 2. The second-order valence-electron chi connectivity index (χ2n) is 9.43. The maximum atomic E-state index is 13.0. The van der Waals surface area contributed by atoms with E-state index >= 15 is 0 Å². The van der Waals surface area contributed by atoms with Crippen molar-refractivity contribution in [2.45, 2.75) is 44.6 Å². The molecule has 6 rings (SSSR count). The summed E-state index contributed by atoms with van der Waals surface area (Å²) >= 11 is 0. The van der Waals surface area contributed by atoms with Crippen LogP contribution < -0.4 is 14.8 Å². The minimum Gasteiger partial charge on any atom is -0.478 e. The smallest absolute Gasteiger partial charge is 0.478 e. The number of aromatic nitrogens is 2. The number of carbonyl (C=O) groups is 1. The van der Waals surface area contributed by atoms with Gasteiger partial charge >= 0.3 is 12.3 Å². The molecule has 8 nitrogen and oxygen atoms in total. The first-order valence-corrected chi connectivity index (χ1v) is 12.3. The number of alkyl halides is 3. The fourth-order valence-corrected chi connectivity index (χ4v) is 4.67. The van der Waals surface area contributed by atoms with Crippen molar-refractivity contribution in [1.82, 2.24) is 10.1 Å². The quantitative estimate of drug-likeness (QED) is 0.271. The average molecular weight is 537 g/mol. The highest BCUT2D eigenvalue weighted by molar-refractivity contribution is 5.89. The summed E-state index contributed by atoms with van der Waals surface area (Å²) in [4.78, 5) is 16.0. The first-order valence-electron chi connectivity index (χ1n) is 12.3. The number of nitrogens with zero attached hydrogens (tertiary/aromatic N) is 2. The highest BCUT2D eigenvalue weighted by atomic mass is 19.4. The number of benzene rings is 2. The molecule has 2 aromatic heterocycles. The molecule has 0 unspecified atom stereocenters. The van der Waals surface area contributed by atoms with E-state index in [9.17, 15) is 23.1 Å². The SMILES string of the molecule is O=C(O)c1ccc2c(c1)Nc1ccc(OCc3c(-c4ccccc4OC(F)(F)F)noc3C3CC3)nc1CC2. The van der Waals surface area contributed by atoms with Crippen molar-refractivity contribution >= 4 is 17.3 Å². The number of carboxylic acid groups (broad SMARTS) is 1. The van der Waals surface area contributed by atoms with Crippen LogP contribution in [0.4, 0.5) is 24.5 Å². The molecule has 0 bridgehead atoms. The van der Waals surface area contributed by atoms with E-state index in [0.717, 1.165) is 29.8 Å². The molecule has 2 aliphatic rings. The predicted molar refractivity (Wildman–Crippen MR) is 133 cm³/mol. The molecule has 1 fully saturated rings. The average Bonchev–Trinajstić information content (AvgIpc) is 3.68. The number of ether oxygens (including phenoxy) is 2. The molecule has 4 aromatic rings. The molecule has 39 heavy (non-hydrogen) atoms. The first kappa shape index (κ1) is 24.8. The number of pyridine rings is 1. The zero-order chi connectivity index (χ0) is 27.1. The maximum Gasteiger partial charge on any atom is 0.573 e. The van der Waals surface area contributed by atoms with Gasteiger partial charge in [-0.3, -0.25) is 0 Å². The molecular weight excluding hydrogens is 515 g/mol. The van der Waals surface area contributed by atoms with Crippen LogP contribution in [0, 0.1) is 0 Å². The molecule has 0 atom stereocenters. The zero-order valence-electron chi connectivity index (χ0n) is 20.4. The minimum atomic E-state index is -4.86. The van der Waals surface area contributed by atoms with E-state index < -0.39 is 12.3 Å². The third kappa shape index (κ3) is 5.25. The maximum absolute atomic E-state index is 13.0. The Labute approximate surface area is 220 Å². The predicted octanol–water partition coefficient (Wildman–Crippen LogP) is 6.63. The van der Waals surface area contributed by atoms with E-state index in [-0.39, 0.29) is 35.1 Å². The summed E-state index contributed by atoms with van der Waals surface area (Å²) in [5, 5.41) is 16.7. The minimum absolute atomic E-state index is 0.00751. The van der Waals surface area contributed by atoms with Gasteiger partial charge in [-0.25, -0.2) is 9.78 Å². The van der Waals surface area contributed by atoms with Crippen molar-refractivity contribution in [3.63, 3.8) is 0 Å². The number of halogens is 3. The van der Waals surface area contributed by atoms with Gasteiger partial charge in [0.05, 0.1) is 22.5 Å². The van der Waals surface area contributed by atoms with E-state index in [0.29, 0.717) is 35.7 Å². The van der Waals surface area contributed by atoms with Crippen LogP contribution >= 0.6 is 0 Å². The fourth-order valence-electron chi connectivity index (χ4n) is 4.67. The normalized spacial score (nSPS) is 14.5. The van der Waals surface area contributed by atoms with E-state index in [1.54, 1.807) is 30.3 Å². The molecule has 2 aromatic carbocycles. The fraction of sp³-hybridized carbons (Fsp3) is 0.250. The molecule has 0 radical (unpaired) electrons.